The Hall–Kier alpha value is -2.78. The Morgan fingerprint density at radius 2 is 2.04 bits per heavy atom. The lowest BCUT2D eigenvalue weighted by atomic mass is 9.98. The Balaban J connectivity index is 0.00000210. The van der Waals surface area contributed by atoms with Crippen LogP contribution in [0.25, 0.3) is 5.82 Å². The minimum atomic E-state index is -0.327. The van der Waals surface area contributed by atoms with Crippen LogP contribution in [0.4, 0.5) is 5.95 Å². The Labute approximate surface area is 162 Å². The number of carbonyl (C=O) groups excluding carboxylic acids is 1. The quantitative estimate of drug-likeness (QED) is 0.702. The summed E-state index contributed by atoms with van der Waals surface area (Å²) in [6.45, 7) is 1.93. The van der Waals surface area contributed by atoms with Crippen LogP contribution < -0.4 is 10.6 Å². The molecule has 0 aliphatic carbocycles. The molecule has 3 aromatic heterocycles. The molecule has 0 unspecified atom stereocenters. The van der Waals surface area contributed by atoms with Gasteiger partial charge in [-0.25, -0.2) is 14.3 Å². The number of nitrogens with zero attached hydrogens (tertiary/aromatic N) is 6. The Bertz CT molecular complexity index is 902. The van der Waals surface area contributed by atoms with E-state index in [9.17, 15) is 4.79 Å². The Morgan fingerprint density at radius 1 is 1.22 bits per heavy atom. The minimum Gasteiger partial charge on any atom is -0.317 e. The van der Waals surface area contributed by atoms with Gasteiger partial charge < -0.3 is 5.32 Å². The third-order valence-corrected chi connectivity index (χ3v) is 4.42. The average Bonchev–Trinajstić information content (AvgIpc) is 3.33. The van der Waals surface area contributed by atoms with Gasteiger partial charge in [0.2, 0.25) is 5.95 Å². The van der Waals surface area contributed by atoms with Gasteiger partial charge in [0.1, 0.15) is 5.69 Å². The fourth-order valence-corrected chi connectivity index (χ4v) is 3.01. The second-order valence-electron chi connectivity index (χ2n) is 6.23. The van der Waals surface area contributed by atoms with Crippen molar-refractivity contribution in [3.05, 3.63) is 48.2 Å². The molecule has 142 valence electrons. The third-order valence-electron chi connectivity index (χ3n) is 4.42. The maximum atomic E-state index is 12.6. The van der Waals surface area contributed by atoms with Crippen molar-refractivity contribution in [2.75, 3.05) is 18.4 Å². The van der Waals surface area contributed by atoms with Crippen LogP contribution in [0, 0.1) is 0 Å². The smallest absolute Gasteiger partial charge is 0.276 e. The molecule has 9 nitrogen and oxygen atoms in total. The topological polar surface area (TPSA) is 103 Å². The highest BCUT2D eigenvalue weighted by Gasteiger charge is 2.21. The van der Waals surface area contributed by atoms with E-state index >= 15 is 0 Å². The summed E-state index contributed by atoms with van der Waals surface area (Å²) in [5.41, 5.74) is 0.296. The Morgan fingerprint density at radius 3 is 2.78 bits per heavy atom. The monoisotopic (exact) mass is 388 g/mol. The summed E-state index contributed by atoms with van der Waals surface area (Å²) in [7, 11) is 1.78. The number of hydrogen-bond acceptors (Lipinski definition) is 6. The van der Waals surface area contributed by atoms with Gasteiger partial charge in [-0.3, -0.25) is 10.1 Å². The largest absolute Gasteiger partial charge is 0.317 e. The molecule has 0 radical (unpaired) electrons. The van der Waals surface area contributed by atoms with Crippen molar-refractivity contribution >= 4 is 24.3 Å². The summed E-state index contributed by atoms with van der Waals surface area (Å²) >= 11 is 0. The lowest BCUT2D eigenvalue weighted by molar-refractivity contribution is 0.102. The van der Waals surface area contributed by atoms with Gasteiger partial charge in [-0.05, 0) is 44.1 Å². The van der Waals surface area contributed by atoms with Crippen molar-refractivity contribution in [2.45, 2.75) is 18.8 Å². The molecular weight excluding hydrogens is 368 g/mol. The molecule has 10 heteroatoms. The lowest BCUT2D eigenvalue weighted by Crippen LogP contribution is -2.27. The summed E-state index contributed by atoms with van der Waals surface area (Å²) in [6, 6.07) is 7.03. The number of hydrogen-bond donors (Lipinski definition) is 2. The van der Waals surface area contributed by atoms with Crippen LogP contribution in [0.15, 0.2) is 36.7 Å². The Kier molecular flexibility index (Phi) is 5.82. The van der Waals surface area contributed by atoms with E-state index in [-0.39, 0.29) is 18.3 Å². The van der Waals surface area contributed by atoms with Crippen LogP contribution in [0.5, 0.6) is 0 Å². The molecule has 2 N–H and O–H groups in total. The molecular formula is C17H21ClN8O. The zero-order chi connectivity index (χ0) is 17.9. The molecule has 0 spiro atoms. The molecule has 0 saturated carbocycles. The van der Waals surface area contributed by atoms with Crippen molar-refractivity contribution in [3.8, 4) is 5.82 Å². The van der Waals surface area contributed by atoms with Gasteiger partial charge in [-0.15, -0.1) is 12.4 Å². The van der Waals surface area contributed by atoms with E-state index < -0.39 is 0 Å². The van der Waals surface area contributed by atoms with Crippen LogP contribution >= 0.6 is 12.4 Å². The number of nitrogens with one attached hydrogen (secondary N) is 2. The molecule has 0 atom stereocenters. The van der Waals surface area contributed by atoms with E-state index in [1.165, 1.54) is 0 Å². The fraction of sp³-hybridized carbons (Fsp3) is 0.353. The molecule has 1 fully saturated rings. The predicted molar refractivity (Wildman–Crippen MR) is 102 cm³/mol. The first-order valence-corrected chi connectivity index (χ1v) is 8.61. The molecule has 1 aliphatic rings. The van der Waals surface area contributed by atoms with Crippen molar-refractivity contribution in [1.82, 2.24) is 34.8 Å². The van der Waals surface area contributed by atoms with Crippen molar-refractivity contribution in [3.63, 3.8) is 0 Å². The minimum absolute atomic E-state index is 0. The van der Waals surface area contributed by atoms with Crippen molar-refractivity contribution < 1.29 is 4.79 Å². The highest BCUT2D eigenvalue weighted by Crippen LogP contribution is 2.23. The second-order valence-corrected chi connectivity index (χ2v) is 6.23. The SMILES string of the molecule is Cl.Cn1nc(C2CCNCC2)nc1NC(=O)c1cccc(-n2cccn2)n1. The first-order chi connectivity index (χ1) is 12.7. The van der Waals surface area contributed by atoms with Gasteiger partial charge in [0, 0.05) is 25.4 Å². The number of carbonyl (C=O) groups is 1. The number of piperidine rings is 1. The number of aromatic nitrogens is 6. The van der Waals surface area contributed by atoms with Gasteiger partial charge in [0.05, 0.1) is 0 Å². The third kappa shape index (κ3) is 4.15. The molecule has 0 aromatic carbocycles. The van der Waals surface area contributed by atoms with E-state index in [0.29, 0.717) is 23.4 Å². The van der Waals surface area contributed by atoms with Gasteiger partial charge in [-0.1, -0.05) is 6.07 Å². The number of amides is 1. The molecule has 1 saturated heterocycles. The van der Waals surface area contributed by atoms with E-state index in [2.05, 4.69) is 30.8 Å². The number of aryl methyl sites for hydroxylation is 1. The van der Waals surface area contributed by atoms with E-state index in [1.54, 1.807) is 53.1 Å². The zero-order valence-electron chi connectivity index (χ0n) is 14.9. The number of rotatable bonds is 4. The van der Waals surface area contributed by atoms with E-state index in [1.807, 2.05) is 0 Å². The zero-order valence-corrected chi connectivity index (χ0v) is 15.7. The average molecular weight is 389 g/mol. The predicted octanol–water partition coefficient (Wildman–Crippen LogP) is 1.54. The number of anilines is 1. The highest BCUT2D eigenvalue weighted by atomic mass is 35.5. The van der Waals surface area contributed by atoms with Crippen LogP contribution in [0.3, 0.4) is 0 Å². The van der Waals surface area contributed by atoms with Crippen LogP contribution in [-0.4, -0.2) is 48.5 Å². The summed E-state index contributed by atoms with van der Waals surface area (Å²) in [5.74, 6) is 1.79. The van der Waals surface area contributed by atoms with Gasteiger partial charge in [-0.2, -0.15) is 15.2 Å². The maximum Gasteiger partial charge on any atom is 0.276 e. The summed E-state index contributed by atoms with van der Waals surface area (Å²) < 4.78 is 3.21. The van der Waals surface area contributed by atoms with Crippen LogP contribution in [0.1, 0.15) is 35.1 Å². The summed E-state index contributed by atoms with van der Waals surface area (Å²) in [5, 5.41) is 14.7. The maximum absolute atomic E-state index is 12.6. The fourth-order valence-electron chi connectivity index (χ4n) is 3.01. The lowest BCUT2D eigenvalue weighted by Gasteiger charge is -2.19. The summed E-state index contributed by atoms with van der Waals surface area (Å²) in [4.78, 5) is 21.5. The van der Waals surface area contributed by atoms with Gasteiger partial charge in [0.25, 0.3) is 5.91 Å². The molecule has 3 aromatic rings. The molecule has 4 rings (SSSR count). The standard InChI is InChI=1S/C17H20N8O.ClH/c1-24-17(21-15(23-24)12-6-9-18-10-7-12)22-16(26)13-4-2-5-14(20-13)25-11-3-8-19-25;/h2-5,8,11-12,18H,6-7,9-10H2,1H3,(H,21,22,23,26);1H. The molecule has 1 amide bonds. The van der Waals surface area contributed by atoms with Crippen LogP contribution in [-0.2, 0) is 7.05 Å². The molecule has 1 aliphatic heterocycles. The molecule has 4 heterocycles. The first kappa shape index (κ1) is 19.0. The number of pyridine rings is 1. The van der Waals surface area contributed by atoms with E-state index in [0.717, 1.165) is 31.8 Å². The second kappa shape index (κ2) is 8.28. The highest BCUT2D eigenvalue weighted by molar-refractivity contribution is 6.02. The first-order valence-electron chi connectivity index (χ1n) is 8.61. The summed E-state index contributed by atoms with van der Waals surface area (Å²) in [6.07, 6.45) is 5.45. The van der Waals surface area contributed by atoms with Gasteiger partial charge in [0.15, 0.2) is 11.6 Å². The van der Waals surface area contributed by atoms with E-state index in [4.69, 9.17) is 0 Å². The number of halogens is 1. The van der Waals surface area contributed by atoms with Crippen LogP contribution in [0.2, 0.25) is 0 Å². The normalized spacial score (nSPS) is 14.6. The van der Waals surface area contributed by atoms with Gasteiger partial charge >= 0.3 is 0 Å². The van der Waals surface area contributed by atoms with Crippen molar-refractivity contribution in [2.24, 2.45) is 7.05 Å². The van der Waals surface area contributed by atoms with Crippen molar-refractivity contribution in [1.29, 1.82) is 0 Å². The molecule has 27 heavy (non-hydrogen) atoms. The molecule has 0 bridgehead atoms.